The van der Waals surface area contributed by atoms with E-state index in [0.29, 0.717) is 10.3 Å². The number of nitrogens with zero attached hydrogens (tertiary/aromatic N) is 5. The summed E-state index contributed by atoms with van der Waals surface area (Å²) in [4.78, 5) is 29.7. The van der Waals surface area contributed by atoms with Crippen molar-refractivity contribution in [1.29, 1.82) is 4.78 Å². The summed E-state index contributed by atoms with van der Waals surface area (Å²) in [5.74, 6) is -0.283. The highest BCUT2D eigenvalue weighted by Gasteiger charge is 2.39. The van der Waals surface area contributed by atoms with E-state index in [2.05, 4.69) is 25.3 Å². The Morgan fingerprint density at radius 1 is 1.30 bits per heavy atom. The van der Waals surface area contributed by atoms with E-state index in [1.807, 2.05) is 0 Å². The largest absolute Gasteiger partial charge is 0.409 e. The van der Waals surface area contributed by atoms with Crippen molar-refractivity contribution in [2.75, 3.05) is 11.6 Å². The minimum atomic E-state index is -4.69. The lowest BCUT2D eigenvalue weighted by Crippen LogP contribution is -2.35. The van der Waals surface area contributed by atoms with Crippen molar-refractivity contribution < 1.29 is 13.2 Å². The van der Waals surface area contributed by atoms with Gasteiger partial charge < -0.3 is 5.32 Å². The molecule has 3 heterocycles. The zero-order valence-electron chi connectivity index (χ0n) is 16.1. The highest BCUT2D eigenvalue weighted by Crippen LogP contribution is 2.31. The fraction of sp³-hybridized carbons (Fsp3) is 0.353. The average Bonchev–Trinajstić information content (AvgIpc) is 2.66. The molecule has 0 bridgehead atoms. The molecule has 30 heavy (non-hydrogen) atoms. The van der Waals surface area contributed by atoms with Gasteiger partial charge in [-0.2, -0.15) is 18.2 Å². The van der Waals surface area contributed by atoms with E-state index in [4.69, 9.17) is 16.4 Å². The summed E-state index contributed by atoms with van der Waals surface area (Å²) in [5, 5.41) is 2.47. The van der Waals surface area contributed by atoms with Gasteiger partial charge in [-0.05, 0) is 43.8 Å². The van der Waals surface area contributed by atoms with Crippen molar-refractivity contribution in [1.82, 2.24) is 24.5 Å². The lowest BCUT2D eigenvalue weighted by atomic mass is 10.3. The first-order valence-corrected chi connectivity index (χ1v) is 10.6. The SMILES string of the molecule is Cc1nc(Cl)nc2c1nc(NCc1ccc(S(C)=N)cn1)c(=O)n2[C@@H](C)C(F)(F)F. The Morgan fingerprint density at radius 2 is 2.00 bits per heavy atom. The van der Waals surface area contributed by atoms with Gasteiger partial charge in [-0.15, -0.1) is 0 Å². The topological polar surface area (TPSA) is 109 Å². The Hall–Kier alpha value is -2.60. The van der Waals surface area contributed by atoms with Crippen molar-refractivity contribution in [2.45, 2.75) is 37.5 Å². The zero-order valence-corrected chi connectivity index (χ0v) is 17.7. The van der Waals surface area contributed by atoms with Crippen LogP contribution in [-0.2, 0) is 17.2 Å². The van der Waals surface area contributed by atoms with E-state index in [0.717, 1.165) is 11.8 Å². The third-order valence-electron chi connectivity index (χ3n) is 4.33. The normalized spacial score (nSPS) is 14.0. The minimum Gasteiger partial charge on any atom is -0.360 e. The van der Waals surface area contributed by atoms with Gasteiger partial charge in [-0.1, -0.05) is 10.7 Å². The second-order valence-corrected chi connectivity index (χ2v) is 8.28. The molecule has 13 heteroatoms. The molecule has 0 aliphatic carbocycles. The van der Waals surface area contributed by atoms with Crippen molar-refractivity contribution in [2.24, 2.45) is 0 Å². The molecule has 160 valence electrons. The van der Waals surface area contributed by atoms with Crippen LogP contribution >= 0.6 is 11.6 Å². The van der Waals surface area contributed by atoms with Crippen LogP contribution < -0.4 is 10.9 Å². The Kier molecular flexibility index (Phi) is 6.09. The second kappa shape index (κ2) is 8.26. The van der Waals surface area contributed by atoms with Crippen LogP contribution in [0.5, 0.6) is 0 Å². The zero-order chi connectivity index (χ0) is 22.2. The summed E-state index contributed by atoms with van der Waals surface area (Å²) in [7, 11) is -0.698. The number of aryl methyl sites for hydroxylation is 1. The van der Waals surface area contributed by atoms with Gasteiger partial charge in [0.1, 0.15) is 11.6 Å². The lowest BCUT2D eigenvalue weighted by Gasteiger charge is -2.21. The number of hydrogen-bond acceptors (Lipinski definition) is 7. The molecule has 0 saturated carbocycles. The van der Waals surface area contributed by atoms with Gasteiger partial charge in [-0.25, -0.2) is 9.97 Å². The van der Waals surface area contributed by atoms with Crippen LogP contribution in [0.25, 0.3) is 11.2 Å². The number of anilines is 1. The van der Waals surface area contributed by atoms with E-state index < -0.39 is 28.5 Å². The molecule has 2 N–H and O–H groups in total. The van der Waals surface area contributed by atoms with Crippen LogP contribution in [0, 0.1) is 11.7 Å². The number of rotatable bonds is 5. The maximum atomic E-state index is 13.4. The third kappa shape index (κ3) is 4.43. The molecule has 2 atom stereocenters. The van der Waals surface area contributed by atoms with Crippen molar-refractivity contribution in [3.63, 3.8) is 0 Å². The Bertz CT molecular complexity index is 1180. The first-order chi connectivity index (χ1) is 14.0. The molecule has 0 aromatic carbocycles. The van der Waals surface area contributed by atoms with Gasteiger partial charge in [0.2, 0.25) is 5.28 Å². The molecule has 0 radical (unpaired) electrons. The molecule has 1 unspecified atom stereocenters. The molecule has 0 saturated heterocycles. The van der Waals surface area contributed by atoms with Crippen LogP contribution in [-0.4, -0.2) is 36.9 Å². The van der Waals surface area contributed by atoms with Crippen LogP contribution in [0.3, 0.4) is 0 Å². The van der Waals surface area contributed by atoms with Gasteiger partial charge in [0.25, 0.3) is 5.56 Å². The predicted molar refractivity (Wildman–Crippen MR) is 108 cm³/mol. The van der Waals surface area contributed by atoms with E-state index in [1.54, 1.807) is 24.6 Å². The van der Waals surface area contributed by atoms with Crippen molar-refractivity contribution >= 4 is 39.3 Å². The molecule has 0 spiro atoms. The average molecular weight is 460 g/mol. The van der Waals surface area contributed by atoms with Gasteiger partial charge in [-0.3, -0.25) is 19.1 Å². The fourth-order valence-corrected chi connectivity index (χ4v) is 3.37. The Labute approximate surface area is 176 Å². The highest BCUT2D eigenvalue weighted by atomic mass is 35.5. The smallest absolute Gasteiger partial charge is 0.360 e. The van der Waals surface area contributed by atoms with Gasteiger partial charge >= 0.3 is 6.18 Å². The summed E-state index contributed by atoms with van der Waals surface area (Å²) in [6.07, 6.45) is -1.41. The molecular formula is C17H17ClF3N7OS. The van der Waals surface area contributed by atoms with E-state index >= 15 is 0 Å². The summed E-state index contributed by atoms with van der Waals surface area (Å²) >= 11 is 5.80. The number of alkyl halides is 3. The number of pyridine rings is 1. The van der Waals surface area contributed by atoms with Crippen molar-refractivity contribution in [3.05, 3.63) is 45.4 Å². The molecule has 0 amide bonds. The van der Waals surface area contributed by atoms with E-state index in [9.17, 15) is 18.0 Å². The third-order valence-corrected chi connectivity index (χ3v) is 5.45. The minimum absolute atomic E-state index is 0.0325. The molecule has 3 aromatic heterocycles. The van der Waals surface area contributed by atoms with Crippen LogP contribution in [0.15, 0.2) is 28.0 Å². The van der Waals surface area contributed by atoms with Crippen LogP contribution in [0.4, 0.5) is 19.0 Å². The van der Waals surface area contributed by atoms with Gasteiger partial charge in [0.05, 0.1) is 17.9 Å². The van der Waals surface area contributed by atoms with E-state index in [1.165, 1.54) is 6.92 Å². The number of halogens is 4. The molecule has 3 aromatic rings. The van der Waals surface area contributed by atoms with Crippen LogP contribution in [0.1, 0.15) is 24.4 Å². The Morgan fingerprint density at radius 3 is 2.57 bits per heavy atom. The quantitative estimate of drug-likeness (QED) is 0.564. The first kappa shape index (κ1) is 22.1. The van der Waals surface area contributed by atoms with Gasteiger partial charge in [0, 0.05) is 11.1 Å². The first-order valence-electron chi connectivity index (χ1n) is 8.58. The highest BCUT2D eigenvalue weighted by molar-refractivity contribution is 7.85. The molecule has 3 rings (SSSR count). The monoisotopic (exact) mass is 459 g/mol. The number of hydrogen-bond donors (Lipinski definition) is 2. The summed E-state index contributed by atoms with van der Waals surface area (Å²) < 4.78 is 48.5. The molecule has 0 aliphatic rings. The molecule has 0 fully saturated rings. The Balaban J connectivity index is 2.07. The number of nitrogens with one attached hydrogen (secondary N) is 2. The molecule has 0 aliphatic heterocycles. The summed E-state index contributed by atoms with van der Waals surface area (Å²) in [6.45, 7) is 2.43. The summed E-state index contributed by atoms with van der Waals surface area (Å²) in [5.41, 5.74) is -0.473. The van der Waals surface area contributed by atoms with E-state index in [-0.39, 0.29) is 34.5 Å². The number of fused-ring (bicyclic) bond motifs is 1. The van der Waals surface area contributed by atoms with Gasteiger partial charge in [0.15, 0.2) is 11.5 Å². The second-order valence-electron chi connectivity index (χ2n) is 6.45. The van der Waals surface area contributed by atoms with Crippen LogP contribution in [0.2, 0.25) is 5.28 Å². The summed E-state index contributed by atoms with van der Waals surface area (Å²) in [6, 6.07) is 1.25. The number of aromatic nitrogens is 5. The lowest BCUT2D eigenvalue weighted by molar-refractivity contribution is -0.162. The maximum Gasteiger partial charge on any atom is 0.409 e. The standard InChI is InChI=1S/C17H17ClF3N7OS/c1-8-12-14(27-16(18)25-8)28(9(2)17(19,20)21)15(29)13(26-12)24-6-10-4-5-11(7-23-10)30(3)22/h4-5,7,9,22H,6H2,1-3H3,(H,24,26)/t9-,30?/m0/s1. The van der Waals surface area contributed by atoms with Crippen molar-refractivity contribution in [3.8, 4) is 0 Å². The molecular weight excluding hydrogens is 443 g/mol. The fourth-order valence-electron chi connectivity index (χ4n) is 2.68. The molecule has 8 nitrogen and oxygen atoms in total. The maximum absolute atomic E-state index is 13.4. The predicted octanol–water partition coefficient (Wildman–Crippen LogP) is 3.65.